The number of ether oxygens (including phenoxy) is 2. The molecule has 6 rings (SSSR count). The lowest BCUT2D eigenvalue weighted by Crippen LogP contribution is -2.33. The molecule has 2 aromatic heterocycles. The van der Waals surface area contributed by atoms with Crippen molar-refractivity contribution in [3.63, 3.8) is 0 Å². The summed E-state index contributed by atoms with van der Waals surface area (Å²) in [5, 5.41) is 6.88. The Bertz CT molecular complexity index is 1960. The first-order valence-electron chi connectivity index (χ1n) is 12.1. The Morgan fingerprint density at radius 1 is 1.07 bits per heavy atom. The highest BCUT2D eigenvalue weighted by Gasteiger charge is 2.46. The molecule has 3 heterocycles. The molecule has 2 amide bonds. The van der Waals surface area contributed by atoms with Crippen molar-refractivity contribution in [3.8, 4) is 11.6 Å². The van der Waals surface area contributed by atoms with Gasteiger partial charge in [-0.05, 0) is 55.3 Å². The van der Waals surface area contributed by atoms with Gasteiger partial charge in [-0.2, -0.15) is 0 Å². The first-order valence-corrected chi connectivity index (χ1v) is 12.4. The number of nitrogens with one attached hydrogen (secondary N) is 1. The Hall–Kier alpha value is -4.78. The number of amides is 2. The summed E-state index contributed by atoms with van der Waals surface area (Å²) in [7, 11) is 0. The first kappa shape index (κ1) is 26.4. The van der Waals surface area contributed by atoms with E-state index in [9.17, 15) is 27.6 Å². The minimum absolute atomic E-state index is 0.0817. The molecule has 41 heavy (non-hydrogen) atoms. The van der Waals surface area contributed by atoms with Gasteiger partial charge in [-0.1, -0.05) is 35.0 Å². The SMILES string of the molecule is Cc1cccc2c(-n3c(=O)n(Cc4cc([C@@]5(C)OC(=O)NC5=O)ccc4Cl)c4cc(OC(F)(F)F)ccc43)noc12. The fourth-order valence-electron chi connectivity index (χ4n) is 4.86. The summed E-state index contributed by atoms with van der Waals surface area (Å²) in [6.07, 6.45) is -5.88. The quantitative estimate of drug-likeness (QED) is 0.296. The van der Waals surface area contributed by atoms with Crippen LogP contribution in [-0.2, 0) is 21.7 Å². The van der Waals surface area contributed by atoms with E-state index in [2.05, 4.69) is 15.2 Å². The Morgan fingerprint density at radius 2 is 1.85 bits per heavy atom. The molecule has 0 spiro atoms. The molecule has 1 atom stereocenters. The van der Waals surface area contributed by atoms with Crippen molar-refractivity contribution >= 4 is 45.6 Å². The van der Waals surface area contributed by atoms with Gasteiger partial charge in [0.15, 0.2) is 11.4 Å². The third-order valence-corrected chi connectivity index (χ3v) is 7.26. The molecule has 0 radical (unpaired) electrons. The van der Waals surface area contributed by atoms with Gasteiger partial charge in [0.25, 0.3) is 5.91 Å². The van der Waals surface area contributed by atoms with Gasteiger partial charge in [-0.3, -0.25) is 14.7 Å². The van der Waals surface area contributed by atoms with Crippen LogP contribution in [0.1, 0.15) is 23.6 Å². The molecule has 5 aromatic rings. The average Bonchev–Trinajstić information content (AvgIpc) is 3.52. The van der Waals surface area contributed by atoms with Crippen LogP contribution in [0.4, 0.5) is 18.0 Å². The monoisotopic (exact) mass is 586 g/mol. The van der Waals surface area contributed by atoms with Crippen molar-refractivity contribution in [1.82, 2.24) is 19.6 Å². The number of aromatic nitrogens is 3. The van der Waals surface area contributed by atoms with Gasteiger partial charge in [0.05, 0.1) is 23.0 Å². The molecular weight excluding hydrogens is 569 g/mol. The lowest BCUT2D eigenvalue weighted by Gasteiger charge is -2.21. The number of alkyl carbamates (subject to hydrolysis) is 1. The molecule has 0 saturated carbocycles. The molecule has 0 aliphatic carbocycles. The molecule has 3 aromatic carbocycles. The number of aryl methyl sites for hydroxylation is 1. The summed E-state index contributed by atoms with van der Waals surface area (Å²) in [6, 6.07) is 13.2. The van der Waals surface area contributed by atoms with Gasteiger partial charge in [0, 0.05) is 16.7 Å². The highest BCUT2D eigenvalue weighted by Crippen LogP contribution is 2.34. The summed E-state index contributed by atoms with van der Waals surface area (Å²) >= 11 is 6.46. The van der Waals surface area contributed by atoms with Crippen LogP contribution in [0.3, 0.4) is 0 Å². The van der Waals surface area contributed by atoms with E-state index in [0.717, 1.165) is 17.7 Å². The Kier molecular flexibility index (Phi) is 5.89. The number of nitrogens with zero attached hydrogens (tertiary/aromatic N) is 3. The summed E-state index contributed by atoms with van der Waals surface area (Å²) in [6.45, 7) is 2.98. The van der Waals surface area contributed by atoms with Gasteiger partial charge in [0.1, 0.15) is 5.75 Å². The predicted molar refractivity (Wildman–Crippen MR) is 139 cm³/mol. The van der Waals surface area contributed by atoms with E-state index in [-0.39, 0.29) is 34.0 Å². The number of fused-ring (bicyclic) bond motifs is 2. The standard InChI is InChI=1S/C27H18ClF3N4O6/c1-13-4-3-5-17-21(13)41-33-22(17)35-19-9-7-16(39-27(29,30)31)11-20(19)34(25(35)38)12-14-10-15(6-8-18(14)28)26(2)23(36)32-24(37)40-26/h3-11H,12H2,1-2H3,(H,32,36,37)/t26-/m1/s1. The molecule has 14 heteroatoms. The van der Waals surface area contributed by atoms with Gasteiger partial charge >= 0.3 is 18.1 Å². The molecule has 10 nitrogen and oxygen atoms in total. The molecule has 1 fully saturated rings. The number of alkyl halides is 3. The predicted octanol–water partition coefficient (Wildman–Crippen LogP) is 5.32. The first-order chi connectivity index (χ1) is 19.4. The number of hydrogen-bond donors (Lipinski definition) is 1. The second kappa shape index (κ2) is 9.13. The van der Waals surface area contributed by atoms with Crippen LogP contribution in [-0.4, -0.2) is 32.7 Å². The van der Waals surface area contributed by atoms with E-state index in [4.69, 9.17) is 20.9 Å². The third kappa shape index (κ3) is 4.38. The number of benzene rings is 3. The largest absolute Gasteiger partial charge is 0.573 e. The van der Waals surface area contributed by atoms with E-state index < -0.39 is 35.4 Å². The minimum atomic E-state index is -4.96. The zero-order valence-corrected chi connectivity index (χ0v) is 22.0. The number of imide groups is 1. The number of halogens is 4. The van der Waals surface area contributed by atoms with Gasteiger partial charge < -0.3 is 14.0 Å². The Morgan fingerprint density at radius 3 is 2.56 bits per heavy atom. The fraction of sp³-hybridized carbons (Fsp3) is 0.185. The Balaban J connectivity index is 1.54. The summed E-state index contributed by atoms with van der Waals surface area (Å²) in [4.78, 5) is 38.1. The van der Waals surface area contributed by atoms with Crippen LogP contribution in [0.2, 0.25) is 5.02 Å². The second-order valence-electron chi connectivity index (χ2n) is 9.54. The topological polar surface area (TPSA) is 118 Å². The Labute approximate surface area is 232 Å². The average molecular weight is 587 g/mol. The number of hydrogen-bond acceptors (Lipinski definition) is 7. The molecule has 1 saturated heterocycles. The maximum absolute atomic E-state index is 13.9. The van der Waals surface area contributed by atoms with E-state index in [1.165, 1.54) is 40.3 Å². The van der Waals surface area contributed by atoms with Crippen LogP contribution in [0, 0.1) is 6.92 Å². The van der Waals surface area contributed by atoms with Crippen LogP contribution < -0.4 is 15.7 Å². The van der Waals surface area contributed by atoms with Crippen molar-refractivity contribution in [1.29, 1.82) is 0 Å². The van der Waals surface area contributed by atoms with Crippen LogP contribution in [0.15, 0.2) is 63.9 Å². The summed E-state index contributed by atoms with van der Waals surface area (Å²) in [5.74, 6) is -1.09. The molecule has 1 aliphatic heterocycles. The lowest BCUT2D eigenvalue weighted by atomic mass is 9.94. The molecule has 1 N–H and O–H groups in total. The summed E-state index contributed by atoms with van der Waals surface area (Å²) < 4.78 is 56.3. The number of imidazole rings is 1. The van der Waals surface area contributed by atoms with Gasteiger partial charge in [-0.15, -0.1) is 13.2 Å². The van der Waals surface area contributed by atoms with Gasteiger partial charge in [-0.25, -0.2) is 14.2 Å². The van der Waals surface area contributed by atoms with Crippen molar-refractivity contribution in [2.75, 3.05) is 0 Å². The van der Waals surface area contributed by atoms with Gasteiger partial charge in [0.2, 0.25) is 5.60 Å². The molecular formula is C27H18ClF3N4O6. The number of cyclic esters (lactones) is 1. The normalized spacial score (nSPS) is 17.3. The highest BCUT2D eigenvalue weighted by atomic mass is 35.5. The fourth-order valence-corrected chi connectivity index (χ4v) is 5.04. The molecule has 0 unspecified atom stereocenters. The number of rotatable bonds is 5. The van der Waals surface area contributed by atoms with Crippen molar-refractivity contribution < 1.29 is 36.8 Å². The number of para-hydroxylation sites is 1. The lowest BCUT2D eigenvalue weighted by molar-refractivity contribution is -0.274. The van der Waals surface area contributed by atoms with Crippen LogP contribution in [0.5, 0.6) is 5.75 Å². The molecule has 210 valence electrons. The van der Waals surface area contributed by atoms with Crippen molar-refractivity contribution in [2.24, 2.45) is 0 Å². The number of carbonyl (C=O) groups is 2. The maximum Gasteiger partial charge on any atom is 0.573 e. The zero-order valence-electron chi connectivity index (χ0n) is 21.2. The zero-order chi connectivity index (χ0) is 29.3. The minimum Gasteiger partial charge on any atom is -0.428 e. The number of carbonyl (C=O) groups excluding carboxylic acids is 2. The van der Waals surface area contributed by atoms with E-state index in [1.807, 2.05) is 13.0 Å². The molecule has 0 bridgehead atoms. The summed E-state index contributed by atoms with van der Waals surface area (Å²) in [5.41, 5.74) is -0.184. The van der Waals surface area contributed by atoms with E-state index >= 15 is 0 Å². The van der Waals surface area contributed by atoms with Crippen LogP contribution in [0.25, 0.3) is 27.8 Å². The van der Waals surface area contributed by atoms with Crippen LogP contribution >= 0.6 is 11.6 Å². The second-order valence-corrected chi connectivity index (χ2v) is 9.95. The van der Waals surface area contributed by atoms with Crippen molar-refractivity contribution in [2.45, 2.75) is 32.4 Å². The third-order valence-electron chi connectivity index (χ3n) is 6.89. The van der Waals surface area contributed by atoms with E-state index in [0.29, 0.717) is 16.5 Å². The highest BCUT2D eigenvalue weighted by molar-refractivity contribution is 6.31. The molecule has 1 aliphatic rings. The smallest absolute Gasteiger partial charge is 0.428 e. The van der Waals surface area contributed by atoms with Crippen molar-refractivity contribution in [3.05, 3.63) is 86.8 Å². The van der Waals surface area contributed by atoms with E-state index in [1.54, 1.807) is 12.1 Å². The maximum atomic E-state index is 13.9.